The third-order valence-electron chi connectivity index (χ3n) is 6.32. The van der Waals surface area contributed by atoms with Gasteiger partial charge in [-0.3, -0.25) is 14.4 Å². The zero-order chi connectivity index (χ0) is 27.4. The zero-order valence-electron chi connectivity index (χ0n) is 21.2. The number of ether oxygens (including phenoxy) is 4. The first kappa shape index (κ1) is 25.9. The number of Topliss-reactive ketones (excluding diaryl/α,β-unsaturated/α-hetero) is 1. The van der Waals surface area contributed by atoms with Crippen molar-refractivity contribution in [2.45, 2.75) is 25.9 Å². The van der Waals surface area contributed by atoms with Gasteiger partial charge in [0, 0.05) is 12.1 Å². The van der Waals surface area contributed by atoms with E-state index in [1.54, 1.807) is 30.3 Å². The topological polar surface area (TPSA) is 120 Å². The van der Waals surface area contributed by atoms with Crippen LogP contribution in [-0.4, -0.2) is 49.6 Å². The Morgan fingerprint density at radius 2 is 1.67 bits per heavy atom. The fourth-order valence-electron chi connectivity index (χ4n) is 4.30. The number of benzene rings is 3. The molecule has 2 aliphatic rings. The van der Waals surface area contributed by atoms with Crippen LogP contribution in [0.3, 0.4) is 0 Å². The molecule has 5 rings (SSSR count). The number of hydrogen-bond acceptors (Lipinski definition) is 9. The third-order valence-corrected chi connectivity index (χ3v) is 6.32. The molecule has 10 heteroatoms. The molecule has 200 valence electrons. The highest BCUT2D eigenvalue weighted by Crippen LogP contribution is 2.32. The Morgan fingerprint density at radius 1 is 0.949 bits per heavy atom. The lowest BCUT2D eigenvalue weighted by Gasteiger charge is -2.16. The van der Waals surface area contributed by atoms with E-state index in [1.165, 1.54) is 24.3 Å². The van der Waals surface area contributed by atoms with Crippen LogP contribution in [-0.2, 0) is 20.9 Å². The summed E-state index contributed by atoms with van der Waals surface area (Å²) in [5, 5.41) is 3.13. The smallest absolute Gasteiger partial charge is 0.338 e. The van der Waals surface area contributed by atoms with Crippen LogP contribution in [0.25, 0.3) is 0 Å². The number of carbonyl (C=O) groups is 4. The molecule has 1 N–H and O–H groups in total. The maximum atomic E-state index is 13.0. The number of carbonyl (C=O) groups excluding carboxylic acids is 4. The van der Waals surface area contributed by atoms with Crippen molar-refractivity contribution >= 4 is 29.3 Å². The number of ketones is 1. The lowest BCUT2D eigenvalue weighted by atomic mass is 10.1. The van der Waals surface area contributed by atoms with Gasteiger partial charge in [0.2, 0.25) is 12.7 Å². The highest BCUT2D eigenvalue weighted by molar-refractivity contribution is 6.22. The number of fused-ring (bicyclic) bond motifs is 1. The Hall–Kier alpha value is -4.70. The molecule has 3 aromatic rings. The average Bonchev–Trinajstić information content (AvgIpc) is 3.53. The summed E-state index contributed by atoms with van der Waals surface area (Å²) < 4.78 is 21.2. The van der Waals surface area contributed by atoms with Crippen LogP contribution in [0, 0.1) is 0 Å². The van der Waals surface area contributed by atoms with Gasteiger partial charge in [-0.2, -0.15) is 0 Å². The van der Waals surface area contributed by atoms with Crippen LogP contribution in [0.4, 0.5) is 5.69 Å². The minimum absolute atomic E-state index is 0.0147. The summed E-state index contributed by atoms with van der Waals surface area (Å²) in [6.45, 7) is 2.51. The number of rotatable bonds is 10. The van der Waals surface area contributed by atoms with E-state index < -0.39 is 18.6 Å². The second kappa shape index (κ2) is 11.4. The van der Waals surface area contributed by atoms with E-state index >= 15 is 0 Å². The van der Waals surface area contributed by atoms with Crippen LogP contribution >= 0.6 is 0 Å². The summed E-state index contributed by atoms with van der Waals surface area (Å²) >= 11 is 0. The van der Waals surface area contributed by atoms with Crippen LogP contribution < -0.4 is 24.4 Å². The quantitative estimate of drug-likeness (QED) is 0.239. The van der Waals surface area contributed by atoms with Crippen LogP contribution in [0.5, 0.6) is 17.2 Å². The minimum atomic E-state index is -0.691. The Bertz CT molecular complexity index is 1400. The van der Waals surface area contributed by atoms with Crippen LogP contribution in [0.2, 0.25) is 0 Å². The molecule has 2 aliphatic heterocycles. The van der Waals surface area contributed by atoms with Crippen molar-refractivity contribution in [3.05, 3.63) is 83.4 Å². The van der Waals surface area contributed by atoms with E-state index in [1.807, 2.05) is 19.1 Å². The highest BCUT2D eigenvalue weighted by atomic mass is 16.7. The van der Waals surface area contributed by atoms with Crippen molar-refractivity contribution in [3.8, 4) is 17.2 Å². The van der Waals surface area contributed by atoms with E-state index in [2.05, 4.69) is 5.32 Å². The summed E-state index contributed by atoms with van der Waals surface area (Å²) in [5.41, 5.74) is 1.82. The molecule has 0 bridgehead atoms. The molecular weight excluding hydrogens is 504 g/mol. The van der Waals surface area contributed by atoms with Gasteiger partial charge in [0.15, 0.2) is 23.9 Å². The summed E-state index contributed by atoms with van der Waals surface area (Å²) in [5.74, 6) is 0.190. The Morgan fingerprint density at radius 3 is 2.41 bits per heavy atom. The first-order valence-electron chi connectivity index (χ1n) is 12.4. The van der Waals surface area contributed by atoms with Crippen molar-refractivity contribution in [2.24, 2.45) is 0 Å². The van der Waals surface area contributed by atoms with Gasteiger partial charge >= 0.3 is 5.97 Å². The Labute approximate surface area is 224 Å². The number of nitrogens with zero attached hydrogens (tertiary/aromatic N) is 1. The largest absolute Gasteiger partial charge is 0.494 e. The lowest BCUT2D eigenvalue weighted by Crippen LogP contribution is -2.38. The predicted molar refractivity (Wildman–Crippen MR) is 139 cm³/mol. The van der Waals surface area contributed by atoms with Gasteiger partial charge < -0.3 is 24.3 Å². The summed E-state index contributed by atoms with van der Waals surface area (Å²) in [7, 11) is 0. The summed E-state index contributed by atoms with van der Waals surface area (Å²) in [4.78, 5) is 51.5. The molecule has 2 heterocycles. The molecule has 0 aliphatic carbocycles. The number of nitrogens with one attached hydrogen (secondary N) is 1. The molecular formula is C29H26N2O8. The van der Waals surface area contributed by atoms with Crippen molar-refractivity contribution < 1.29 is 38.1 Å². The minimum Gasteiger partial charge on any atom is -0.494 e. The molecule has 0 spiro atoms. The van der Waals surface area contributed by atoms with Crippen molar-refractivity contribution in [3.63, 3.8) is 0 Å². The van der Waals surface area contributed by atoms with Crippen molar-refractivity contribution in [2.75, 3.05) is 24.9 Å². The lowest BCUT2D eigenvalue weighted by molar-refractivity contribution is -0.121. The molecule has 1 fully saturated rings. The number of amides is 2. The Balaban J connectivity index is 1.15. The van der Waals surface area contributed by atoms with Gasteiger partial charge in [0.1, 0.15) is 5.75 Å². The molecule has 1 saturated heterocycles. The molecule has 39 heavy (non-hydrogen) atoms. The van der Waals surface area contributed by atoms with Crippen LogP contribution in [0.15, 0.2) is 66.7 Å². The zero-order valence-corrected chi connectivity index (χ0v) is 21.2. The number of anilines is 1. The standard InChI is InChI=1S/C29H26N2O8/c1-2-36-22-10-6-19(7-11-22)24(32)16-37-29(35)20-4-8-21(9-5-20)31-27(33)14-23(28(31)34)30-15-18-3-12-25-26(13-18)39-17-38-25/h3-13,23,30H,2,14-17H2,1H3. The first-order chi connectivity index (χ1) is 18.9. The fourth-order valence-corrected chi connectivity index (χ4v) is 4.30. The Kier molecular flexibility index (Phi) is 7.55. The molecule has 10 nitrogen and oxygen atoms in total. The number of esters is 1. The normalized spacial score (nSPS) is 15.9. The van der Waals surface area contributed by atoms with Crippen molar-refractivity contribution in [1.29, 1.82) is 0 Å². The number of hydrogen-bond donors (Lipinski definition) is 1. The van der Waals surface area contributed by atoms with E-state index in [0.29, 0.717) is 41.7 Å². The molecule has 1 unspecified atom stereocenters. The third kappa shape index (κ3) is 5.75. The van der Waals surface area contributed by atoms with Gasteiger partial charge in [-0.25, -0.2) is 9.69 Å². The summed E-state index contributed by atoms with van der Waals surface area (Å²) in [6, 6.07) is 17.3. The van der Waals surface area contributed by atoms with E-state index in [9.17, 15) is 19.2 Å². The van der Waals surface area contributed by atoms with E-state index in [4.69, 9.17) is 18.9 Å². The van der Waals surface area contributed by atoms with Gasteiger partial charge in [-0.15, -0.1) is 0 Å². The maximum Gasteiger partial charge on any atom is 0.338 e. The van der Waals surface area contributed by atoms with Gasteiger partial charge in [0.25, 0.3) is 5.91 Å². The number of imide groups is 1. The second-order valence-corrected chi connectivity index (χ2v) is 8.90. The van der Waals surface area contributed by atoms with Crippen molar-refractivity contribution in [1.82, 2.24) is 5.32 Å². The second-order valence-electron chi connectivity index (χ2n) is 8.90. The fraction of sp³-hybridized carbons (Fsp3) is 0.241. The SMILES string of the molecule is CCOc1ccc(C(=O)COC(=O)c2ccc(N3C(=O)CC(NCc4ccc5c(c4)OCO5)C3=O)cc2)cc1. The van der Waals surface area contributed by atoms with Crippen LogP contribution in [0.1, 0.15) is 39.6 Å². The molecule has 0 radical (unpaired) electrons. The molecule has 2 amide bonds. The van der Waals surface area contributed by atoms with Gasteiger partial charge in [0.05, 0.1) is 30.3 Å². The predicted octanol–water partition coefficient (Wildman–Crippen LogP) is 3.28. The summed E-state index contributed by atoms with van der Waals surface area (Å²) in [6.07, 6.45) is 0.0147. The molecule has 0 aromatic heterocycles. The first-order valence-corrected chi connectivity index (χ1v) is 12.4. The highest BCUT2D eigenvalue weighted by Gasteiger charge is 2.39. The van der Waals surface area contributed by atoms with E-state index in [-0.39, 0.29) is 36.4 Å². The van der Waals surface area contributed by atoms with E-state index in [0.717, 1.165) is 10.5 Å². The molecule has 0 saturated carbocycles. The van der Waals surface area contributed by atoms with Gasteiger partial charge in [-0.1, -0.05) is 6.07 Å². The average molecular weight is 531 g/mol. The monoisotopic (exact) mass is 530 g/mol. The molecule has 1 atom stereocenters. The maximum absolute atomic E-state index is 13.0. The van der Waals surface area contributed by atoms with Gasteiger partial charge in [-0.05, 0) is 73.2 Å². The molecule has 3 aromatic carbocycles.